The monoisotopic (exact) mass is 475 g/mol. The van der Waals surface area contributed by atoms with Crippen LogP contribution in [0.2, 0.25) is 0 Å². The minimum absolute atomic E-state index is 0.0709. The quantitative estimate of drug-likeness (QED) is 0.576. The topological polar surface area (TPSA) is 57.4 Å². The minimum Gasteiger partial charge on any atom is -0.504 e. The van der Waals surface area contributed by atoms with Crippen molar-refractivity contribution in [2.75, 3.05) is 26.2 Å². The van der Waals surface area contributed by atoms with Crippen LogP contribution in [0.5, 0.6) is 11.5 Å². The molecule has 3 N–H and O–H groups in total. The first-order valence-corrected chi connectivity index (χ1v) is 13.9. The summed E-state index contributed by atoms with van der Waals surface area (Å²) < 4.78 is 6.77. The first-order chi connectivity index (χ1) is 17.0. The Morgan fingerprint density at radius 1 is 1.09 bits per heavy atom. The molecule has 2 aliphatic heterocycles. The molecule has 0 radical (unpaired) electrons. The predicted molar refractivity (Wildman–Crippen MR) is 135 cm³/mol. The number of ether oxygens (including phenoxy) is 1. The summed E-state index contributed by atoms with van der Waals surface area (Å²) in [4.78, 5) is 4.14. The molecular weight excluding hydrogens is 436 g/mol. The summed E-state index contributed by atoms with van der Waals surface area (Å²) >= 11 is 0. The van der Waals surface area contributed by atoms with Gasteiger partial charge in [-0.3, -0.25) is 4.90 Å². The highest BCUT2D eigenvalue weighted by Crippen LogP contribution is 2.64. The summed E-state index contributed by atoms with van der Waals surface area (Å²) in [5, 5.41) is 23.5. The van der Waals surface area contributed by atoms with Gasteiger partial charge >= 0.3 is 0 Å². The lowest BCUT2D eigenvalue weighted by molar-refractivity contribution is -0.944. The molecule has 2 saturated carbocycles. The summed E-state index contributed by atoms with van der Waals surface area (Å²) in [6.07, 6.45) is 6.32. The average molecular weight is 476 g/mol. The number of piperidine rings is 1. The van der Waals surface area contributed by atoms with Gasteiger partial charge in [0, 0.05) is 43.3 Å². The smallest absolute Gasteiger partial charge is 0.165 e. The third-order valence-electron chi connectivity index (χ3n) is 10.3. The van der Waals surface area contributed by atoms with Gasteiger partial charge in [0.05, 0.1) is 18.5 Å². The Morgan fingerprint density at radius 3 is 2.69 bits per heavy atom. The first kappa shape index (κ1) is 22.1. The minimum atomic E-state index is -0.751. The summed E-state index contributed by atoms with van der Waals surface area (Å²) in [5.74, 6) is 2.11. The second-order valence-corrected chi connectivity index (χ2v) is 12.1. The van der Waals surface area contributed by atoms with E-state index in [1.807, 2.05) is 6.07 Å². The van der Waals surface area contributed by atoms with Gasteiger partial charge < -0.3 is 19.8 Å². The van der Waals surface area contributed by atoms with E-state index in [2.05, 4.69) is 48.2 Å². The summed E-state index contributed by atoms with van der Waals surface area (Å²) in [6, 6.07) is 14.9. The van der Waals surface area contributed by atoms with Gasteiger partial charge in [-0.15, -0.1) is 0 Å². The summed E-state index contributed by atoms with van der Waals surface area (Å²) in [6.45, 7) is 7.43. The van der Waals surface area contributed by atoms with E-state index >= 15 is 0 Å². The van der Waals surface area contributed by atoms with Crippen LogP contribution < -0.4 is 9.64 Å². The fourth-order valence-electron chi connectivity index (χ4n) is 8.48. The first-order valence-electron chi connectivity index (χ1n) is 13.9. The molecule has 3 aliphatic carbocycles. The number of likely N-dealkylation sites (tertiary alicyclic amines) is 1. The highest BCUT2D eigenvalue weighted by atomic mass is 16.5. The van der Waals surface area contributed by atoms with Crippen molar-refractivity contribution in [3.05, 3.63) is 59.2 Å². The molecule has 2 heterocycles. The van der Waals surface area contributed by atoms with Crippen LogP contribution in [-0.4, -0.2) is 59.0 Å². The van der Waals surface area contributed by atoms with E-state index in [1.165, 1.54) is 30.5 Å². The van der Waals surface area contributed by atoms with Crippen molar-refractivity contribution in [2.45, 2.75) is 75.2 Å². The lowest BCUT2D eigenvalue weighted by Crippen LogP contribution is -3.21. The van der Waals surface area contributed by atoms with Gasteiger partial charge in [0.1, 0.15) is 17.7 Å². The van der Waals surface area contributed by atoms with Crippen LogP contribution in [0.1, 0.15) is 55.7 Å². The highest BCUT2D eigenvalue weighted by Gasteiger charge is 2.74. The van der Waals surface area contributed by atoms with Crippen molar-refractivity contribution in [3.63, 3.8) is 0 Å². The Morgan fingerprint density at radius 2 is 1.91 bits per heavy atom. The number of aliphatic hydroxyl groups is 1. The van der Waals surface area contributed by atoms with E-state index < -0.39 is 5.60 Å². The van der Waals surface area contributed by atoms with Gasteiger partial charge in [-0.2, -0.15) is 0 Å². The van der Waals surface area contributed by atoms with Crippen molar-refractivity contribution in [1.29, 1.82) is 0 Å². The lowest BCUT2D eigenvalue weighted by Gasteiger charge is -2.62. The number of nitrogens with one attached hydrogen (secondary N) is 1. The van der Waals surface area contributed by atoms with Crippen LogP contribution in [0.25, 0.3) is 0 Å². The van der Waals surface area contributed by atoms with Crippen LogP contribution in [0.3, 0.4) is 0 Å². The van der Waals surface area contributed by atoms with Crippen molar-refractivity contribution < 1.29 is 19.8 Å². The highest BCUT2D eigenvalue weighted by molar-refractivity contribution is 5.62. The largest absolute Gasteiger partial charge is 0.504 e. The molecule has 5 aliphatic rings. The molecule has 1 saturated heterocycles. The van der Waals surface area contributed by atoms with Crippen LogP contribution in [0.15, 0.2) is 42.5 Å². The van der Waals surface area contributed by atoms with Crippen LogP contribution in [0, 0.1) is 11.8 Å². The molecule has 3 fully saturated rings. The number of phenolic OH excluding ortho intramolecular Hbond substituents is 1. The lowest BCUT2D eigenvalue weighted by atomic mass is 9.47. The Balaban J connectivity index is 1.25. The molecule has 2 aromatic rings. The predicted octanol–water partition coefficient (Wildman–Crippen LogP) is 2.68. The molecular formula is C30H39N2O3+. The molecule has 0 aromatic heterocycles. The third kappa shape index (κ3) is 3.17. The molecule has 2 aromatic carbocycles. The van der Waals surface area contributed by atoms with Crippen molar-refractivity contribution in [2.24, 2.45) is 11.8 Å². The molecule has 0 amide bonds. The van der Waals surface area contributed by atoms with E-state index in [1.54, 1.807) is 4.90 Å². The zero-order valence-electron chi connectivity index (χ0n) is 20.9. The van der Waals surface area contributed by atoms with E-state index in [4.69, 9.17) is 4.74 Å². The van der Waals surface area contributed by atoms with E-state index in [-0.39, 0.29) is 23.3 Å². The standard InChI is InChI=1S/C30H38N2O3/c1-2-31(17-20-6-4-3-5-7-20)19-23-12-13-30(34)25-16-22-10-11-24(33)27-26(22)29(30,28(23)35-27)14-15-32(25)18-21-8-9-21/h3-7,10-11,21,23,25,28,33-34H,2,8-9,12-19H2,1H3/p+1/t23-,25+,28-,29-,30+/m0/s1. The zero-order chi connectivity index (χ0) is 23.8. The summed E-state index contributed by atoms with van der Waals surface area (Å²) in [7, 11) is 0. The molecule has 1 unspecified atom stereocenters. The van der Waals surface area contributed by atoms with E-state index in [9.17, 15) is 10.2 Å². The normalized spacial score (nSPS) is 36.7. The van der Waals surface area contributed by atoms with E-state index in [0.717, 1.165) is 63.3 Å². The number of phenols is 1. The molecule has 186 valence electrons. The molecule has 35 heavy (non-hydrogen) atoms. The van der Waals surface area contributed by atoms with E-state index in [0.29, 0.717) is 11.7 Å². The average Bonchev–Trinajstić information content (AvgIpc) is 3.61. The molecule has 6 atom stereocenters. The van der Waals surface area contributed by atoms with Gasteiger partial charge in [-0.1, -0.05) is 43.3 Å². The summed E-state index contributed by atoms with van der Waals surface area (Å²) in [5.41, 5.74) is 2.66. The van der Waals surface area contributed by atoms with Gasteiger partial charge in [-0.05, 0) is 49.4 Å². The SMILES string of the molecule is CCN(Cc1ccccc1)C[C@@H]1CC[C@@]2(O)[C@H]3Cc4ccc(O)c5c4[C@@]2(CC[NH+]3CC2CC2)[C@H]1O5. The second-order valence-electron chi connectivity index (χ2n) is 12.1. The number of quaternary nitrogens is 1. The van der Waals surface area contributed by atoms with Gasteiger partial charge in [-0.25, -0.2) is 0 Å². The maximum Gasteiger partial charge on any atom is 0.165 e. The second kappa shape index (κ2) is 7.96. The number of benzene rings is 2. The van der Waals surface area contributed by atoms with Crippen LogP contribution >= 0.6 is 0 Å². The molecule has 1 spiro atoms. The number of nitrogens with zero attached hydrogens (tertiary/aromatic N) is 1. The Kier molecular flexibility index (Phi) is 5.04. The van der Waals surface area contributed by atoms with Gasteiger partial charge in [0.2, 0.25) is 0 Å². The zero-order valence-corrected chi connectivity index (χ0v) is 20.9. The maximum atomic E-state index is 12.7. The number of aromatic hydroxyl groups is 1. The molecule has 2 bridgehead atoms. The molecule has 5 heteroatoms. The number of rotatable bonds is 7. The van der Waals surface area contributed by atoms with Gasteiger partial charge in [0.15, 0.2) is 11.5 Å². The molecule has 7 rings (SSSR count). The fourth-order valence-corrected chi connectivity index (χ4v) is 8.48. The Labute approximate surface area is 208 Å². The van der Waals surface area contributed by atoms with Crippen molar-refractivity contribution in [1.82, 2.24) is 4.90 Å². The van der Waals surface area contributed by atoms with Crippen LogP contribution in [-0.2, 0) is 18.4 Å². The van der Waals surface area contributed by atoms with Crippen molar-refractivity contribution in [3.8, 4) is 11.5 Å². The fraction of sp³-hybridized carbons (Fsp3) is 0.600. The third-order valence-corrected chi connectivity index (χ3v) is 10.3. The Bertz CT molecular complexity index is 1120. The van der Waals surface area contributed by atoms with Crippen LogP contribution in [0.4, 0.5) is 0 Å². The van der Waals surface area contributed by atoms with Crippen molar-refractivity contribution >= 4 is 0 Å². The maximum absolute atomic E-state index is 12.7. The number of hydrogen-bond donors (Lipinski definition) is 3. The number of hydrogen-bond acceptors (Lipinski definition) is 4. The Hall–Kier alpha value is -2.08. The van der Waals surface area contributed by atoms with Gasteiger partial charge in [0.25, 0.3) is 0 Å². The molecule has 5 nitrogen and oxygen atoms in total.